The first-order valence-electron chi connectivity index (χ1n) is 82.4. The predicted octanol–water partition coefficient (Wildman–Crippen LogP) is 14.3. The maximum Gasteiger partial charge on any atom is 0.323 e. The molecule has 24 nitrogen and oxygen atoms in total. The summed E-state index contributed by atoms with van der Waals surface area (Å²) in [5.41, 5.74) is 16.8. The fraction of sp³-hybridized carbons (Fsp3) is 0.708. The Morgan fingerprint density at radius 3 is 0.858 bits per heavy atom. The van der Waals surface area contributed by atoms with Gasteiger partial charge in [-0.2, -0.15) is 0 Å². The lowest BCUT2D eigenvalue weighted by Crippen LogP contribution is -2.51. The summed E-state index contributed by atoms with van der Waals surface area (Å²) < 4.78 is 862. The molecule has 0 aromatic heterocycles. The average molecular weight is 1770 g/mol. The quantitative estimate of drug-likeness (QED) is 0.0303. The van der Waals surface area contributed by atoms with Crippen molar-refractivity contribution in [1.82, 2.24) is 19.6 Å². The van der Waals surface area contributed by atoms with Gasteiger partial charge in [-0.25, -0.2) is 0 Å². The molecule has 4 fully saturated rings. The van der Waals surface area contributed by atoms with Crippen LogP contribution in [0.25, 0.3) is 0 Å². The molecule has 8 N–H and O–H groups in total. The van der Waals surface area contributed by atoms with E-state index >= 15 is 0 Å². The Morgan fingerprint density at radius 1 is 0.375 bits per heavy atom. The van der Waals surface area contributed by atoms with Crippen molar-refractivity contribution in [2.75, 3.05) is 109 Å². The topological polar surface area (TPSA) is 296 Å². The largest absolute Gasteiger partial charge is 0.493 e. The minimum absolute atomic E-state index is 0.114. The number of ether oxygens (including phenoxy) is 12. The smallest absolute Gasteiger partial charge is 0.323 e. The van der Waals surface area contributed by atoms with Crippen molar-refractivity contribution in [3.05, 3.63) is 92.8 Å². The van der Waals surface area contributed by atoms with Crippen LogP contribution in [-0.2, 0) is 63.8 Å². The van der Waals surface area contributed by atoms with Crippen LogP contribution in [0.3, 0.4) is 0 Å². The summed E-state index contributed by atoms with van der Waals surface area (Å²) >= 11 is 0. The van der Waals surface area contributed by atoms with E-state index in [4.69, 9.17) is 176 Å². The molecule has 12 rings (SSSR count). The third kappa shape index (κ3) is 23.8. The predicted molar refractivity (Wildman–Crippen MR) is 471 cm³/mol. The standard InChI is InChI=1S/4C24H38N2O4/c4*1-14(2)9-17-13-26-8-7-16-10-21(28-5)22(29-6)11-18(16)19(26)12-20(17)30-24(27)23(25)15(3)4/h4*10-11,14-15,17,19-20,23H,7-9,12-13,25H2,1-6H3/t4*17?,19?,20?,23-/m0000/s1/i1D3,3D3,4D3,9D2,10D,11D,12D2,13D2,14D,15D,17D,19D,20D,23D;2*1D3,3D3,4D3,5D3,9D2,10D,11D,12D2,13D2,14D,15D,17D,19D,23D;1D3,3D3,4D3,9D2,10D,11D,12D2,13D2,14D,15D,17D,19D,23D/t4*14?,17?,19?,20?,23-. The molecule has 0 amide bonds. The highest BCUT2D eigenvalue weighted by Crippen LogP contribution is 2.50. The molecule has 0 spiro atoms. The SMILES string of the molecule is [2H]c1c2c(c([2H])c(OC)c1OC([2H])([2H])[2H])C1([2H])N(CC2)C([2H])([2H])C([2H])(C([2H])([2H])C([2H])(C)C([2H])([2H])[2H])C(OC(=O)[C@@]([2H])(N)C([2H])(C([2H])([2H])[2H])C([2H])([2H])[2H])C1([2H])[2H].[2H]c1c2c(c([2H])c(OC)c1OC([2H])([2H])[2H])C1([2H])N(CC2)C([2H])([2H])C([2H])(C([2H])([2H])C([2H])(C)C([2H])([2H])[2H])C(OC(=O)[C@@]([2H])(N)C([2H])(C([2H])([2H])[2H])C([2H])([2H])[2H])C1([2H])[2H].[2H]c1c2c(c([2H])c(OC)c1OC)C1([2H])N(CC2)C([2H])([2H])C([2H])(C([2H])([2H])C([2H])(C)C([2H])([2H])[2H])C(OC(=O)[C@@]([2H])(N)C([2H])(C([2H])([2H])[2H])C([2H])([2H])[2H])C1([2H])[2H].[2H]c1c2c(c([2H])c(OC)c1OC)C1([2H])N(CC2)C([2H])([2H])C([2H])(C([2H])([2H])C([2H])(C)C([2H])([2H])[2H])C([2H])(OC(=O)[C@@]([2H])(N)C([2H])(C([2H])([2H])[2H])C([2H])([2H])[2H])C1([2H])[2H]. The third-order valence-corrected chi connectivity index (χ3v) is 17.0. The van der Waals surface area contributed by atoms with Gasteiger partial charge in [0.1, 0.15) is 48.5 Å². The Kier molecular flexibility index (Phi) is 11.1. The molecule has 0 bridgehead atoms. The molecule has 8 aliphatic rings. The van der Waals surface area contributed by atoms with Gasteiger partial charge in [-0.1, -0.05) is 110 Å². The lowest BCUT2D eigenvalue weighted by Gasteiger charge is -2.47. The number of esters is 4. The van der Waals surface area contributed by atoms with Crippen molar-refractivity contribution in [1.29, 1.82) is 0 Å². The summed E-state index contributed by atoms with van der Waals surface area (Å²) in [6.07, 6.45) is -52.0. The molecular formula is C96H152N8O16. The molecule has 24 heteroatoms. The number of hydrogen-bond donors (Lipinski definition) is 4. The van der Waals surface area contributed by atoms with E-state index in [1.165, 1.54) is 0 Å². The average Bonchev–Trinajstić information content (AvgIpc) is 0.635. The van der Waals surface area contributed by atoms with Gasteiger partial charge in [0.05, 0.1) is 88.3 Å². The lowest BCUT2D eigenvalue weighted by molar-refractivity contribution is -0.161. The monoisotopic (exact) mass is 1770 g/mol. The fourth-order valence-electron chi connectivity index (χ4n) is 11.6. The first-order chi connectivity index (χ1) is 94.0. The number of hydrogen-bond acceptors (Lipinski definition) is 24. The van der Waals surface area contributed by atoms with Crippen LogP contribution in [0.2, 0.25) is 0 Å². The Labute approximate surface area is 852 Å². The van der Waals surface area contributed by atoms with Gasteiger partial charge >= 0.3 is 23.9 Å². The summed E-state index contributed by atoms with van der Waals surface area (Å²) in [5, 5.41) is 0. The molecule has 16 unspecified atom stereocenters. The van der Waals surface area contributed by atoms with E-state index in [9.17, 15) is 53.4 Å². The molecule has 8 aliphatic heterocycles. The minimum Gasteiger partial charge on any atom is -0.493 e. The molecule has 8 heterocycles. The summed E-state index contributed by atoms with van der Waals surface area (Å²) in [6, 6.07) is -39.1. The van der Waals surface area contributed by atoms with Gasteiger partial charge < -0.3 is 79.8 Å². The van der Waals surface area contributed by atoms with E-state index in [0.717, 1.165) is 42.7 Å². The van der Waals surface area contributed by atoms with Gasteiger partial charge in [0.25, 0.3) is 0 Å². The number of benzene rings is 4. The van der Waals surface area contributed by atoms with E-state index in [1.54, 1.807) is 0 Å². The highest BCUT2D eigenvalue weighted by molar-refractivity contribution is 5.77. The fourth-order valence-corrected chi connectivity index (χ4v) is 11.6. The molecular weight excluding hydrogens is 1520 g/mol. The third-order valence-electron chi connectivity index (χ3n) is 17.0. The molecule has 4 aromatic carbocycles. The van der Waals surface area contributed by atoms with E-state index in [-0.39, 0.29) is 30.9 Å². The van der Waals surface area contributed by atoms with E-state index in [2.05, 4.69) is 0 Å². The maximum atomic E-state index is 13.9. The lowest BCUT2D eigenvalue weighted by atomic mass is 9.79. The number of rotatable bonds is 28. The summed E-state index contributed by atoms with van der Waals surface area (Å²) in [5.74, 6) is -66.0. The van der Waals surface area contributed by atoms with Gasteiger partial charge in [0, 0.05) is 224 Å². The second-order valence-corrected chi connectivity index (χ2v) is 25.3. The number of carbonyl (C=O) groups excluding carboxylic acids is 4. The number of nitrogens with two attached hydrogens (primary N) is 4. The molecule has 0 saturated carbocycles. The molecule has 4 saturated heterocycles. The van der Waals surface area contributed by atoms with Crippen LogP contribution in [-0.4, -0.2) is 201 Å². The van der Waals surface area contributed by atoms with E-state index in [0.29, 0.717) is 27.7 Å². The number of methoxy groups -OCH3 is 8. The van der Waals surface area contributed by atoms with Crippen LogP contribution in [0.5, 0.6) is 46.0 Å². The number of fused-ring (bicyclic) bond motifs is 12. The van der Waals surface area contributed by atoms with Gasteiger partial charge in [-0.05, 0) is 191 Å². The Bertz CT molecular complexity index is 8280. The number of nitrogens with zero attached hydrogens (tertiary/aromatic N) is 4. The Balaban J connectivity index is 0.000000308. The number of piperidine rings is 4. The second kappa shape index (κ2) is 43.9. The summed E-state index contributed by atoms with van der Waals surface area (Å²) in [7, 11) is -0.665. The van der Waals surface area contributed by atoms with Crippen LogP contribution < -0.4 is 60.8 Å². The van der Waals surface area contributed by atoms with Crippen LogP contribution in [0.15, 0.2) is 48.3 Å². The van der Waals surface area contributed by atoms with Crippen molar-refractivity contribution in [2.24, 2.45) is 93.7 Å². The van der Waals surface area contributed by atoms with Gasteiger partial charge in [0.15, 0.2) is 46.0 Å². The van der Waals surface area contributed by atoms with Crippen molar-refractivity contribution >= 4 is 23.9 Å². The van der Waals surface area contributed by atoms with Crippen LogP contribution in [0.4, 0.5) is 0 Å². The van der Waals surface area contributed by atoms with Crippen LogP contribution in [0.1, 0.15) is 360 Å². The number of carbonyl (C=O) groups is 4. The molecule has 120 heavy (non-hydrogen) atoms. The van der Waals surface area contributed by atoms with E-state index in [1.807, 2.05) is 0 Å². The highest BCUT2D eigenvalue weighted by Gasteiger charge is 2.47. The Morgan fingerprint density at radius 2 is 0.608 bits per heavy atom. The van der Waals surface area contributed by atoms with Crippen LogP contribution >= 0.6 is 0 Å². The zero-order valence-corrected chi connectivity index (χ0v) is 65.5. The molecule has 4 aromatic rings. The zero-order chi connectivity index (χ0) is 171. The zero-order valence-electron chi connectivity index (χ0n) is 161. The Hall–Kier alpha value is -7.16. The van der Waals surface area contributed by atoms with Gasteiger partial charge in [-0.15, -0.1) is 0 Å². The second-order valence-electron chi connectivity index (χ2n) is 25.3. The molecule has 20 atom stereocenters. The maximum absolute atomic E-state index is 13.9. The highest BCUT2D eigenvalue weighted by atomic mass is 16.6. The van der Waals surface area contributed by atoms with Gasteiger partial charge in [0.2, 0.25) is 0 Å². The molecule has 0 aliphatic carbocycles. The summed E-state index contributed by atoms with van der Waals surface area (Å²) in [4.78, 5) is 56.2. The van der Waals surface area contributed by atoms with Crippen molar-refractivity contribution in [2.45, 2.75) is 259 Å². The normalized spacial score (nSPS) is 50.7. The first kappa shape index (κ1) is 30.3. The van der Waals surface area contributed by atoms with E-state index < -0.39 is 520 Å². The van der Waals surface area contributed by atoms with Crippen molar-refractivity contribution in [3.63, 3.8) is 0 Å². The van der Waals surface area contributed by atoms with Crippen molar-refractivity contribution < 1.29 is 206 Å². The van der Waals surface area contributed by atoms with Crippen molar-refractivity contribution in [3.8, 4) is 46.0 Å². The van der Waals surface area contributed by atoms with Gasteiger partial charge in [-0.3, -0.25) is 38.8 Å². The minimum atomic E-state index is -4.83. The first-order valence-corrected chi connectivity index (χ1v) is 34.9. The molecule has 672 valence electrons. The van der Waals surface area contributed by atoms with Crippen LogP contribution in [0, 0.1) is 70.7 Å². The summed E-state index contributed by atoms with van der Waals surface area (Å²) in [6.45, 7) is -66.9. The molecule has 0 radical (unpaired) electrons.